The second-order valence-electron chi connectivity index (χ2n) is 3.85. The van der Waals surface area contributed by atoms with Crippen LogP contribution >= 0.6 is 23.4 Å². The van der Waals surface area contributed by atoms with E-state index in [4.69, 9.17) is 21.4 Å². The second-order valence-corrected chi connectivity index (χ2v) is 5.23. The number of rotatable bonds is 6. The first-order valence-electron chi connectivity index (χ1n) is 5.61. The first-order chi connectivity index (χ1) is 9.11. The van der Waals surface area contributed by atoms with Gasteiger partial charge in [0.1, 0.15) is 0 Å². The summed E-state index contributed by atoms with van der Waals surface area (Å²) in [7, 11) is 1.62. The lowest BCUT2D eigenvalue weighted by Gasteiger charge is -2.07. The van der Waals surface area contributed by atoms with E-state index in [0.717, 1.165) is 11.0 Å². The lowest BCUT2D eigenvalue weighted by atomic mass is 10.3. The van der Waals surface area contributed by atoms with Crippen molar-refractivity contribution in [2.24, 2.45) is 0 Å². The molecule has 2 rings (SSSR count). The number of fused-ring (bicyclic) bond motifs is 1. The van der Waals surface area contributed by atoms with Gasteiger partial charge in [0, 0.05) is 18.7 Å². The highest BCUT2D eigenvalue weighted by Crippen LogP contribution is 2.26. The summed E-state index contributed by atoms with van der Waals surface area (Å²) in [5.41, 5.74) is 1.69. The molecule has 0 saturated carbocycles. The quantitative estimate of drug-likeness (QED) is 0.831. The molecule has 0 amide bonds. The summed E-state index contributed by atoms with van der Waals surface area (Å²) in [6.45, 7) is 1.13. The minimum Gasteiger partial charge on any atom is -0.481 e. The predicted octanol–water partition coefficient (Wildman–Crippen LogP) is 2.51. The zero-order valence-corrected chi connectivity index (χ0v) is 11.9. The zero-order chi connectivity index (χ0) is 13.8. The summed E-state index contributed by atoms with van der Waals surface area (Å²) in [5, 5.41) is 10.0. The molecule has 0 spiro atoms. The molecule has 0 aliphatic heterocycles. The Kier molecular flexibility index (Phi) is 4.68. The molecule has 0 aliphatic rings. The molecule has 0 aliphatic carbocycles. The van der Waals surface area contributed by atoms with E-state index in [-0.39, 0.29) is 5.75 Å². The lowest BCUT2D eigenvalue weighted by Crippen LogP contribution is -2.07. The molecule has 1 aromatic heterocycles. The van der Waals surface area contributed by atoms with Crippen LogP contribution in [0.15, 0.2) is 23.4 Å². The van der Waals surface area contributed by atoms with Crippen molar-refractivity contribution in [3.63, 3.8) is 0 Å². The summed E-state index contributed by atoms with van der Waals surface area (Å²) in [6, 6.07) is 5.42. The second kappa shape index (κ2) is 6.27. The fourth-order valence-electron chi connectivity index (χ4n) is 1.71. The van der Waals surface area contributed by atoms with E-state index in [1.165, 1.54) is 11.8 Å². The number of aliphatic carboxylic acids is 1. The number of carboxylic acids is 1. The molecule has 1 heterocycles. The number of hydrogen-bond acceptors (Lipinski definition) is 4. The van der Waals surface area contributed by atoms with Crippen LogP contribution in [0.5, 0.6) is 0 Å². The summed E-state index contributed by atoms with van der Waals surface area (Å²) < 4.78 is 7.00. The molecule has 7 heteroatoms. The van der Waals surface area contributed by atoms with Crippen LogP contribution in [0.3, 0.4) is 0 Å². The van der Waals surface area contributed by atoms with Crippen molar-refractivity contribution >= 4 is 40.4 Å². The average Bonchev–Trinajstić information content (AvgIpc) is 2.71. The van der Waals surface area contributed by atoms with Crippen LogP contribution in [0.1, 0.15) is 0 Å². The molecule has 1 N–H and O–H groups in total. The maximum absolute atomic E-state index is 10.7. The van der Waals surface area contributed by atoms with E-state index in [2.05, 4.69) is 4.98 Å². The van der Waals surface area contributed by atoms with Crippen molar-refractivity contribution in [3.05, 3.63) is 23.2 Å². The van der Waals surface area contributed by atoms with Crippen LogP contribution in [-0.4, -0.2) is 40.1 Å². The molecule has 102 valence electrons. The van der Waals surface area contributed by atoms with Gasteiger partial charge in [-0.3, -0.25) is 4.79 Å². The highest BCUT2D eigenvalue weighted by molar-refractivity contribution is 7.99. The number of halogens is 1. The Morgan fingerprint density at radius 2 is 2.37 bits per heavy atom. The van der Waals surface area contributed by atoms with Gasteiger partial charge in [-0.1, -0.05) is 23.4 Å². The number of carboxylic acid groups (broad SMARTS) is 1. The monoisotopic (exact) mass is 300 g/mol. The number of nitrogens with zero attached hydrogens (tertiary/aromatic N) is 2. The fraction of sp³-hybridized carbons (Fsp3) is 0.333. The Bertz CT molecular complexity index is 600. The number of aromatic nitrogens is 2. The molecular formula is C12H13ClN2O3S. The fourth-order valence-corrected chi connectivity index (χ4v) is 2.64. The van der Waals surface area contributed by atoms with Gasteiger partial charge in [0.25, 0.3) is 0 Å². The highest BCUT2D eigenvalue weighted by atomic mass is 35.5. The van der Waals surface area contributed by atoms with Gasteiger partial charge in [0.05, 0.1) is 23.4 Å². The van der Waals surface area contributed by atoms with Crippen molar-refractivity contribution in [3.8, 4) is 0 Å². The first kappa shape index (κ1) is 14.2. The molecule has 1 aromatic carbocycles. The molecule has 0 bridgehead atoms. The minimum atomic E-state index is -0.867. The third-order valence-corrected chi connectivity index (χ3v) is 3.72. The van der Waals surface area contributed by atoms with Gasteiger partial charge in [-0.15, -0.1) is 0 Å². The summed E-state index contributed by atoms with van der Waals surface area (Å²) >= 11 is 7.18. The molecule has 0 atom stereocenters. The van der Waals surface area contributed by atoms with Crippen molar-refractivity contribution < 1.29 is 14.6 Å². The van der Waals surface area contributed by atoms with Crippen LogP contribution in [0.2, 0.25) is 5.02 Å². The first-order valence-corrected chi connectivity index (χ1v) is 6.97. The summed E-state index contributed by atoms with van der Waals surface area (Å²) in [5.74, 6) is -0.891. The SMILES string of the molecule is COCCn1c(SCC(=O)O)nc2ccc(Cl)cc21. The highest BCUT2D eigenvalue weighted by Gasteiger charge is 2.12. The number of ether oxygens (including phenoxy) is 1. The molecular weight excluding hydrogens is 288 g/mol. The standard InChI is InChI=1S/C12H13ClN2O3S/c1-18-5-4-15-10-6-8(13)2-3-9(10)14-12(15)19-7-11(16)17/h2-3,6H,4-5,7H2,1H3,(H,16,17). The van der Waals surface area contributed by atoms with Crippen LogP contribution in [0.25, 0.3) is 11.0 Å². The maximum Gasteiger partial charge on any atom is 0.313 e. The molecule has 0 fully saturated rings. The molecule has 2 aromatic rings. The van der Waals surface area contributed by atoms with Gasteiger partial charge in [0.2, 0.25) is 0 Å². The van der Waals surface area contributed by atoms with Gasteiger partial charge < -0.3 is 14.4 Å². The third-order valence-electron chi connectivity index (χ3n) is 2.52. The smallest absolute Gasteiger partial charge is 0.313 e. The van der Waals surface area contributed by atoms with Crippen molar-refractivity contribution in [1.29, 1.82) is 0 Å². The van der Waals surface area contributed by atoms with E-state index >= 15 is 0 Å². The van der Waals surface area contributed by atoms with Gasteiger partial charge >= 0.3 is 5.97 Å². The van der Waals surface area contributed by atoms with E-state index in [0.29, 0.717) is 23.3 Å². The Morgan fingerprint density at radius 3 is 3.05 bits per heavy atom. The van der Waals surface area contributed by atoms with Crippen molar-refractivity contribution in [2.75, 3.05) is 19.5 Å². The third kappa shape index (κ3) is 3.40. The van der Waals surface area contributed by atoms with Crippen molar-refractivity contribution in [2.45, 2.75) is 11.7 Å². The lowest BCUT2D eigenvalue weighted by molar-refractivity contribution is -0.133. The van der Waals surface area contributed by atoms with E-state index in [9.17, 15) is 4.79 Å². The van der Waals surface area contributed by atoms with Gasteiger partial charge in [-0.2, -0.15) is 0 Å². The van der Waals surface area contributed by atoms with Crippen molar-refractivity contribution in [1.82, 2.24) is 9.55 Å². The van der Waals surface area contributed by atoms with Crippen LogP contribution < -0.4 is 0 Å². The number of benzene rings is 1. The Balaban J connectivity index is 2.39. The number of hydrogen-bond donors (Lipinski definition) is 1. The Hall–Kier alpha value is -1.24. The summed E-state index contributed by atoms with van der Waals surface area (Å²) in [6.07, 6.45) is 0. The van der Waals surface area contributed by atoms with Gasteiger partial charge in [0.15, 0.2) is 5.16 Å². The molecule has 0 unspecified atom stereocenters. The molecule has 5 nitrogen and oxygen atoms in total. The van der Waals surface area contributed by atoms with E-state index in [1.807, 2.05) is 16.7 Å². The zero-order valence-electron chi connectivity index (χ0n) is 10.3. The van der Waals surface area contributed by atoms with E-state index in [1.54, 1.807) is 13.2 Å². The van der Waals surface area contributed by atoms with Gasteiger partial charge in [-0.25, -0.2) is 4.98 Å². The molecule has 0 saturated heterocycles. The predicted molar refractivity (Wildman–Crippen MR) is 75.0 cm³/mol. The number of thioether (sulfide) groups is 1. The number of methoxy groups -OCH3 is 1. The summed E-state index contributed by atoms with van der Waals surface area (Å²) in [4.78, 5) is 15.1. The number of imidazole rings is 1. The molecule has 0 radical (unpaired) electrons. The molecule has 19 heavy (non-hydrogen) atoms. The Morgan fingerprint density at radius 1 is 1.58 bits per heavy atom. The van der Waals surface area contributed by atoms with Crippen LogP contribution in [0, 0.1) is 0 Å². The number of carbonyl (C=O) groups is 1. The normalized spacial score (nSPS) is 11.1. The largest absolute Gasteiger partial charge is 0.481 e. The van der Waals surface area contributed by atoms with Crippen LogP contribution in [-0.2, 0) is 16.1 Å². The van der Waals surface area contributed by atoms with E-state index < -0.39 is 5.97 Å². The average molecular weight is 301 g/mol. The minimum absolute atomic E-state index is 0.0238. The topological polar surface area (TPSA) is 64.3 Å². The maximum atomic E-state index is 10.7. The Labute approximate surface area is 119 Å². The van der Waals surface area contributed by atoms with Gasteiger partial charge in [-0.05, 0) is 18.2 Å². The van der Waals surface area contributed by atoms with Crippen LogP contribution in [0.4, 0.5) is 0 Å².